The van der Waals surface area contributed by atoms with Gasteiger partial charge in [-0.1, -0.05) is 0 Å². The summed E-state index contributed by atoms with van der Waals surface area (Å²) >= 11 is 0. The van der Waals surface area contributed by atoms with Crippen LogP contribution in [0.25, 0.3) is 10.9 Å². The van der Waals surface area contributed by atoms with Gasteiger partial charge in [0.05, 0.1) is 6.10 Å². The second-order valence-corrected chi connectivity index (χ2v) is 5.53. The van der Waals surface area contributed by atoms with E-state index in [9.17, 15) is 9.50 Å². The second kappa shape index (κ2) is 4.62. The van der Waals surface area contributed by atoms with E-state index in [-0.39, 0.29) is 5.82 Å². The maximum atomic E-state index is 13.5. The van der Waals surface area contributed by atoms with E-state index in [0.29, 0.717) is 6.54 Å². The lowest BCUT2D eigenvalue weighted by Crippen LogP contribution is -2.28. The quantitative estimate of drug-likeness (QED) is 0.898. The molecular weight excluding hydrogens is 243 g/mol. The zero-order chi connectivity index (χ0) is 13.6. The van der Waals surface area contributed by atoms with Gasteiger partial charge in [0.15, 0.2) is 0 Å². The minimum Gasteiger partial charge on any atom is -0.392 e. The molecule has 102 valence electrons. The lowest BCUT2D eigenvalue weighted by molar-refractivity contribution is 0.173. The highest BCUT2D eigenvalue weighted by Crippen LogP contribution is 2.31. The standard InChI is InChI=1S/C15H19FN2O/c1-10(19)8-18-14-4-3-11(16)7-12(14)13-9-17(2)6-5-15(13)18/h3-4,7,10,19H,5-6,8-9H2,1-2H3. The maximum Gasteiger partial charge on any atom is 0.123 e. The molecule has 4 heteroatoms. The van der Waals surface area contributed by atoms with Gasteiger partial charge in [-0.3, -0.25) is 0 Å². The minimum absolute atomic E-state index is 0.197. The molecule has 0 saturated carbocycles. The highest BCUT2D eigenvalue weighted by atomic mass is 19.1. The van der Waals surface area contributed by atoms with Crippen molar-refractivity contribution >= 4 is 10.9 Å². The van der Waals surface area contributed by atoms with Gasteiger partial charge in [0.2, 0.25) is 0 Å². The van der Waals surface area contributed by atoms with Crippen LogP contribution in [0, 0.1) is 5.82 Å². The van der Waals surface area contributed by atoms with Gasteiger partial charge in [-0.25, -0.2) is 4.39 Å². The molecule has 19 heavy (non-hydrogen) atoms. The molecular formula is C15H19FN2O. The van der Waals surface area contributed by atoms with Crippen molar-refractivity contribution in [2.24, 2.45) is 0 Å². The predicted octanol–water partition coefficient (Wildman–Crippen LogP) is 2.15. The van der Waals surface area contributed by atoms with Gasteiger partial charge in [-0.2, -0.15) is 0 Å². The molecule has 1 aliphatic heterocycles. The van der Waals surface area contributed by atoms with Crippen molar-refractivity contribution in [2.75, 3.05) is 13.6 Å². The third-order valence-corrected chi connectivity index (χ3v) is 3.85. The number of hydrogen-bond donors (Lipinski definition) is 1. The fourth-order valence-electron chi connectivity index (χ4n) is 3.03. The van der Waals surface area contributed by atoms with E-state index in [1.165, 1.54) is 17.3 Å². The van der Waals surface area contributed by atoms with Gasteiger partial charge in [0.1, 0.15) is 5.82 Å². The first-order valence-electron chi connectivity index (χ1n) is 6.72. The Balaban J connectivity index is 2.23. The van der Waals surface area contributed by atoms with Crippen molar-refractivity contribution in [3.05, 3.63) is 35.3 Å². The average Bonchev–Trinajstić information content (AvgIpc) is 2.62. The molecule has 0 bridgehead atoms. The number of rotatable bonds is 2. The van der Waals surface area contributed by atoms with Crippen LogP contribution in [0.4, 0.5) is 4.39 Å². The molecule has 1 atom stereocenters. The van der Waals surface area contributed by atoms with Crippen molar-refractivity contribution in [3.63, 3.8) is 0 Å². The van der Waals surface area contributed by atoms with E-state index in [2.05, 4.69) is 16.5 Å². The summed E-state index contributed by atoms with van der Waals surface area (Å²) in [6, 6.07) is 4.94. The van der Waals surface area contributed by atoms with Crippen molar-refractivity contribution in [1.82, 2.24) is 9.47 Å². The molecule has 2 heterocycles. The monoisotopic (exact) mass is 262 g/mol. The number of halogens is 1. The summed E-state index contributed by atoms with van der Waals surface area (Å²) in [6.45, 7) is 4.21. The van der Waals surface area contributed by atoms with E-state index in [1.807, 2.05) is 6.07 Å². The number of aliphatic hydroxyl groups excluding tert-OH is 1. The highest BCUT2D eigenvalue weighted by molar-refractivity contribution is 5.86. The molecule has 0 radical (unpaired) electrons. The number of aliphatic hydroxyl groups is 1. The normalized spacial score (nSPS) is 17.7. The Morgan fingerprint density at radius 1 is 1.42 bits per heavy atom. The topological polar surface area (TPSA) is 28.4 Å². The molecule has 0 fully saturated rings. The van der Waals surface area contributed by atoms with E-state index in [0.717, 1.165) is 30.4 Å². The summed E-state index contributed by atoms with van der Waals surface area (Å²) in [5, 5.41) is 10.7. The van der Waals surface area contributed by atoms with Gasteiger partial charge in [0, 0.05) is 42.7 Å². The molecule has 1 aromatic carbocycles. The van der Waals surface area contributed by atoms with Crippen molar-refractivity contribution in [2.45, 2.75) is 32.5 Å². The Morgan fingerprint density at radius 2 is 2.21 bits per heavy atom. The second-order valence-electron chi connectivity index (χ2n) is 5.53. The molecule has 1 aliphatic rings. The minimum atomic E-state index is -0.399. The lowest BCUT2D eigenvalue weighted by atomic mass is 10.0. The molecule has 0 saturated heterocycles. The zero-order valence-corrected chi connectivity index (χ0v) is 11.4. The van der Waals surface area contributed by atoms with Crippen molar-refractivity contribution in [1.29, 1.82) is 0 Å². The molecule has 1 aromatic heterocycles. The van der Waals surface area contributed by atoms with Crippen molar-refractivity contribution in [3.8, 4) is 0 Å². The Kier molecular flexibility index (Phi) is 3.07. The first-order valence-corrected chi connectivity index (χ1v) is 6.72. The molecule has 3 rings (SSSR count). The van der Waals surface area contributed by atoms with E-state index in [4.69, 9.17) is 0 Å². The highest BCUT2D eigenvalue weighted by Gasteiger charge is 2.22. The van der Waals surface area contributed by atoms with Crippen LogP contribution in [0.3, 0.4) is 0 Å². The third kappa shape index (κ3) is 2.15. The Labute approximate surface area is 112 Å². The Morgan fingerprint density at radius 3 is 2.95 bits per heavy atom. The van der Waals surface area contributed by atoms with E-state index >= 15 is 0 Å². The average molecular weight is 262 g/mol. The van der Waals surface area contributed by atoms with Crippen LogP contribution in [0.5, 0.6) is 0 Å². The number of benzene rings is 1. The van der Waals surface area contributed by atoms with Gasteiger partial charge in [-0.15, -0.1) is 0 Å². The van der Waals surface area contributed by atoms with E-state index < -0.39 is 6.10 Å². The maximum absolute atomic E-state index is 13.5. The van der Waals surface area contributed by atoms with Crippen LogP contribution in [-0.4, -0.2) is 34.3 Å². The first-order chi connectivity index (χ1) is 9.06. The van der Waals surface area contributed by atoms with Crippen LogP contribution in [0.15, 0.2) is 18.2 Å². The molecule has 3 nitrogen and oxygen atoms in total. The first kappa shape index (κ1) is 12.6. The SMILES string of the molecule is CC(O)Cn1c2c(c3cc(F)ccc31)CN(C)CC2. The third-order valence-electron chi connectivity index (χ3n) is 3.85. The lowest BCUT2D eigenvalue weighted by Gasteiger charge is -2.24. The van der Waals surface area contributed by atoms with Crippen LogP contribution in [0.2, 0.25) is 0 Å². The summed E-state index contributed by atoms with van der Waals surface area (Å²) < 4.78 is 15.7. The summed E-state index contributed by atoms with van der Waals surface area (Å²) in [5.74, 6) is -0.197. The summed E-state index contributed by atoms with van der Waals surface area (Å²) in [7, 11) is 2.08. The number of likely N-dealkylation sites (N-methyl/N-ethyl adjacent to an activating group) is 1. The molecule has 0 aliphatic carbocycles. The predicted molar refractivity (Wildman–Crippen MR) is 73.6 cm³/mol. The van der Waals surface area contributed by atoms with Gasteiger partial charge in [0.25, 0.3) is 0 Å². The van der Waals surface area contributed by atoms with Crippen LogP contribution in [-0.2, 0) is 19.5 Å². The van der Waals surface area contributed by atoms with Gasteiger partial charge in [-0.05, 0) is 37.7 Å². The van der Waals surface area contributed by atoms with Gasteiger partial charge < -0.3 is 14.6 Å². The van der Waals surface area contributed by atoms with Gasteiger partial charge >= 0.3 is 0 Å². The largest absolute Gasteiger partial charge is 0.392 e. The Hall–Kier alpha value is -1.39. The number of hydrogen-bond acceptors (Lipinski definition) is 2. The summed E-state index contributed by atoms with van der Waals surface area (Å²) in [6.07, 6.45) is 0.555. The van der Waals surface area contributed by atoms with E-state index in [1.54, 1.807) is 13.0 Å². The van der Waals surface area contributed by atoms with Crippen LogP contribution >= 0.6 is 0 Å². The van der Waals surface area contributed by atoms with Crippen LogP contribution in [0.1, 0.15) is 18.2 Å². The van der Waals surface area contributed by atoms with Crippen LogP contribution < -0.4 is 0 Å². The molecule has 0 spiro atoms. The summed E-state index contributed by atoms with van der Waals surface area (Å²) in [5.41, 5.74) is 3.49. The summed E-state index contributed by atoms with van der Waals surface area (Å²) in [4.78, 5) is 2.25. The number of fused-ring (bicyclic) bond motifs is 3. The zero-order valence-electron chi connectivity index (χ0n) is 11.4. The fourth-order valence-corrected chi connectivity index (χ4v) is 3.03. The molecule has 1 N–H and O–H groups in total. The molecule has 0 amide bonds. The smallest absolute Gasteiger partial charge is 0.123 e. The van der Waals surface area contributed by atoms with Crippen molar-refractivity contribution < 1.29 is 9.50 Å². The molecule has 1 unspecified atom stereocenters. The number of aromatic nitrogens is 1. The Bertz CT molecular complexity index is 618. The number of nitrogens with zero attached hydrogens (tertiary/aromatic N) is 2. The fraction of sp³-hybridized carbons (Fsp3) is 0.467. The molecule has 2 aromatic rings.